The molecule has 0 spiro atoms. The molecule has 25 heavy (non-hydrogen) atoms. The Morgan fingerprint density at radius 1 is 1.12 bits per heavy atom. The lowest BCUT2D eigenvalue weighted by Gasteiger charge is -2.42. The minimum atomic E-state index is -0.545. The van der Waals surface area contributed by atoms with E-state index in [1.54, 1.807) is 12.1 Å². The number of fused-ring (bicyclic) bond motifs is 3. The van der Waals surface area contributed by atoms with Crippen LogP contribution in [0.1, 0.15) is 17.0 Å². The van der Waals surface area contributed by atoms with Crippen molar-refractivity contribution >= 4 is 5.91 Å². The highest BCUT2D eigenvalue weighted by Crippen LogP contribution is 2.59. The van der Waals surface area contributed by atoms with E-state index in [1.165, 1.54) is 12.1 Å². The molecule has 1 N–H and O–H groups in total. The van der Waals surface area contributed by atoms with Crippen molar-refractivity contribution < 1.29 is 18.7 Å². The lowest BCUT2D eigenvalue weighted by atomic mass is 9.87. The van der Waals surface area contributed by atoms with Crippen molar-refractivity contribution in [2.75, 3.05) is 19.8 Å². The van der Waals surface area contributed by atoms with Gasteiger partial charge in [0.15, 0.2) is 0 Å². The summed E-state index contributed by atoms with van der Waals surface area (Å²) < 4.78 is 24.4. The molecular formula is C20H18FNO3. The number of halogens is 1. The summed E-state index contributed by atoms with van der Waals surface area (Å²) in [6, 6.07) is 14.2. The van der Waals surface area contributed by atoms with E-state index in [4.69, 9.17) is 9.47 Å². The zero-order valence-corrected chi connectivity index (χ0v) is 13.6. The first kappa shape index (κ1) is 14.9. The molecule has 1 amide bonds. The summed E-state index contributed by atoms with van der Waals surface area (Å²) in [6.07, 6.45) is 0. The van der Waals surface area contributed by atoms with Crippen molar-refractivity contribution in [2.24, 2.45) is 11.8 Å². The monoisotopic (exact) mass is 339 g/mol. The second-order valence-corrected chi connectivity index (χ2v) is 7.14. The molecule has 5 heteroatoms. The number of carbonyl (C=O) groups is 1. The maximum atomic E-state index is 13.2. The predicted octanol–water partition coefficient (Wildman–Crippen LogP) is 2.59. The molecule has 2 aromatic rings. The summed E-state index contributed by atoms with van der Waals surface area (Å²) in [6.45, 7) is 1.42. The molecule has 4 nitrogen and oxygen atoms in total. The van der Waals surface area contributed by atoms with Crippen LogP contribution in [0.15, 0.2) is 48.5 Å². The molecule has 2 aliphatic heterocycles. The van der Waals surface area contributed by atoms with Crippen LogP contribution in [0.5, 0.6) is 5.75 Å². The van der Waals surface area contributed by atoms with E-state index in [1.807, 2.05) is 24.3 Å². The fraction of sp³-hybridized carbons (Fsp3) is 0.350. The molecule has 2 heterocycles. The minimum Gasteiger partial charge on any atom is -0.493 e. The third-order valence-corrected chi connectivity index (χ3v) is 5.64. The van der Waals surface area contributed by atoms with Gasteiger partial charge in [-0.1, -0.05) is 30.3 Å². The Morgan fingerprint density at radius 2 is 1.88 bits per heavy atom. The number of ether oxygens (including phenoxy) is 2. The third kappa shape index (κ3) is 2.26. The average Bonchev–Trinajstić information content (AvgIpc) is 3.34. The van der Waals surface area contributed by atoms with Crippen molar-refractivity contribution in [3.63, 3.8) is 0 Å². The Morgan fingerprint density at radius 3 is 2.60 bits per heavy atom. The van der Waals surface area contributed by atoms with Crippen LogP contribution in [-0.4, -0.2) is 25.7 Å². The number of hydrogen-bond donors (Lipinski definition) is 1. The molecule has 1 saturated carbocycles. The predicted molar refractivity (Wildman–Crippen MR) is 88.7 cm³/mol. The van der Waals surface area contributed by atoms with Crippen molar-refractivity contribution in [3.8, 4) is 5.75 Å². The van der Waals surface area contributed by atoms with Gasteiger partial charge in [-0.15, -0.1) is 0 Å². The van der Waals surface area contributed by atoms with Crippen molar-refractivity contribution in [1.82, 2.24) is 5.32 Å². The summed E-state index contributed by atoms with van der Waals surface area (Å²) in [5.41, 5.74) is 1.46. The zero-order valence-electron chi connectivity index (χ0n) is 13.6. The molecule has 3 atom stereocenters. The van der Waals surface area contributed by atoms with Gasteiger partial charge >= 0.3 is 0 Å². The number of para-hydroxylation sites is 1. The Balaban J connectivity index is 1.37. The largest absolute Gasteiger partial charge is 0.493 e. The van der Waals surface area contributed by atoms with E-state index in [9.17, 15) is 9.18 Å². The molecule has 1 saturated heterocycles. The van der Waals surface area contributed by atoms with Crippen LogP contribution in [0.4, 0.5) is 4.39 Å². The number of amides is 1. The fourth-order valence-corrected chi connectivity index (χ4v) is 4.14. The number of rotatable bonds is 3. The van der Waals surface area contributed by atoms with E-state index in [-0.39, 0.29) is 29.5 Å². The van der Waals surface area contributed by atoms with Gasteiger partial charge < -0.3 is 14.8 Å². The molecule has 5 rings (SSSR count). The standard InChI is InChI=1S/C20H18FNO3/c21-13-7-5-12(6-8-13)20(10-24-11-20)22-19(23)18-15-9-25-16-4-2-1-3-14(16)17(15)18/h1-8,15,17-18H,9-11H2,(H,22,23). The van der Waals surface area contributed by atoms with E-state index in [2.05, 4.69) is 5.32 Å². The van der Waals surface area contributed by atoms with Crippen LogP contribution < -0.4 is 10.1 Å². The lowest BCUT2D eigenvalue weighted by Crippen LogP contribution is -2.59. The smallest absolute Gasteiger partial charge is 0.225 e. The Bertz CT molecular complexity index is 831. The molecule has 3 unspecified atom stereocenters. The highest BCUT2D eigenvalue weighted by Gasteiger charge is 2.59. The first-order chi connectivity index (χ1) is 12.2. The van der Waals surface area contributed by atoms with Gasteiger partial charge in [0.25, 0.3) is 0 Å². The van der Waals surface area contributed by atoms with Crippen molar-refractivity contribution in [1.29, 1.82) is 0 Å². The highest BCUT2D eigenvalue weighted by atomic mass is 19.1. The summed E-state index contributed by atoms with van der Waals surface area (Å²) in [5, 5.41) is 3.17. The zero-order chi connectivity index (χ0) is 17.0. The van der Waals surface area contributed by atoms with Crippen molar-refractivity contribution in [3.05, 3.63) is 65.5 Å². The Labute approximate surface area is 144 Å². The minimum absolute atomic E-state index is 0.0305. The molecule has 2 fully saturated rings. The van der Waals surface area contributed by atoms with Gasteiger partial charge in [0.1, 0.15) is 17.1 Å². The molecule has 0 radical (unpaired) electrons. The molecular weight excluding hydrogens is 321 g/mol. The number of nitrogens with one attached hydrogen (secondary N) is 1. The van der Waals surface area contributed by atoms with E-state index < -0.39 is 5.54 Å². The van der Waals surface area contributed by atoms with Crippen LogP contribution in [0.2, 0.25) is 0 Å². The summed E-state index contributed by atoms with van der Waals surface area (Å²) in [5.74, 6) is 1.04. The van der Waals surface area contributed by atoms with Crippen LogP contribution in [0, 0.1) is 17.7 Å². The van der Waals surface area contributed by atoms with Crippen LogP contribution in [0.3, 0.4) is 0 Å². The van der Waals surface area contributed by atoms with Gasteiger partial charge in [0.05, 0.1) is 25.7 Å². The number of carbonyl (C=O) groups excluding carboxylic acids is 1. The van der Waals surface area contributed by atoms with Gasteiger partial charge in [-0.2, -0.15) is 0 Å². The topological polar surface area (TPSA) is 47.6 Å². The average molecular weight is 339 g/mol. The van der Waals surface area contributed by atoms with Crippen molar-refractivity contribution in [2.45, 2.75) is 11.5 Å². The quantitative estimate of drug-likeness (QED) is 0.935. The lowest BCUT2D eigenvalue weighted by molar-refractivity contribution is -0.135. The van der Waals surface area contributed by atoms with Crippen LogP contribution in [0.25, 0.3) is 0 Å². The van der Waals surface area contributed by atoms with Crippen LogP contribution in [-0.2, 0) is 15.1 Å². The Kier molecular flexibility index (Phi) is 3.16. The van der Waals surface area contributed by atoms with Gasteiger partial charge in [-0.25, -0.2) is 4.39 Å². The fourth-order valence-electron chi connectivity index (χ4n) is 4.14. The van der Waals surface area contributed by atoms with E-state index >= 15 is 0 Å². The molecule has 3 aliphatic rings. The summed E-state index contributed by atoms with van der Waals surface area (Å²) in [7, 11) is 0. The number of benzene rings is 2. The second-order valence-electron chi connectivity index (χ2n) is 7.14. The SMILES string of the molecule is O=C(NC1(c2ccc(F)cc2)COC1)C1C2COc3ccccc3C21. The van der Waals surface area contributed by atoms with E-state index in [0.29, 0.717) is 19.8 Å². The second kappa shape index (κ2) is 5.30. The maximum Gasteiger partial charge on any atom is 0.225 e. The third-order valence-electron chi connectivity index (χ3n) is 5.64. The molecule has 1 aliphatic carbocycles. The highest BCUT2D eigenvalue weighted by molar-refractivity contribution is 5.85. The maximum absolute atomic E-state index is 13.2. The van der Waals surface area contributed by atoms with Gasteiger partial charge in [0, 0.05) is 11.8 Å². The first-order valence-corrected chi connectivity index (χ1v) is 8.55. The van der Waals surface area contributed by atoms with Gasteiger partial charge in [-0.05, 0) is 29.3 Å². The number of hydrogen-bond acceptors (Lipinski definition) is 3. The summed E-state index contributed by atoms with van der Waals surface area (Å²) in [4.78, 5) is 12.9. The Hall–Kier alpha value is -2.40. The van der Waals surface area contributed by atoms with Gasteiger partial charge in [-0.3, -0.25) is 4.79 Å². The van der Waals surface area contributed by atoms with Gasteiger partial charge in [0.2, 0.25) is 5.91 Å². The molecule has 0 bridgehead atoms. The molecule has 128 valence electrons. The first-order valence-electron chi connectivity index (χ1n) is 8.55. The van der Waals surface area contributed by atoms with Crippen LogP contribution >= 0.6 is 0 Å². The molecule has 2 aromatic carbocycles. The normalized spacial score (nSPS) is 28.0. The van der Waals surface area contributed by atoms with E-state index in [0.717, 1.165) is 16.9 Å². The summed E-state index contributed by atoms with van der Waals surface area (Å²) >= 11 is 0. The molecule has 0 aromatic heterocycles.